The Morgan fingerprint density at radius 3 is 2.09 bits per heavy atom. The van der Waals surface area contributed by atoms with E-state index in [-0.39, 0.29) is 53.3 Å². The molecule has 0 heterocycles. The molecule has 0 radical (unpaired) electrons. The maximum atomic E-state index is 13.0. The molecule has 2 aromatic carbocycles. The molecule has 33 heavy (non-hydrogen) atoms. The first-order valence-electron chi connectivity index (χ1n) is 10.5. The van der Waals surface area contributed by atoms with Gasteiger partial charge in [-0.15, -0.1) is 0 Å². The number of ether oxygens (including phenoxy) is 1. The van der Waals surface area contributed by atoms with Gasteiger partial charge in [0, 0.05) is 19.5 Å². The van der Waals surface area contributed by atoms with Gasteiger partial charge < -0.3 is 9.84 Å². The molecule has 0 aliphatic heterocycles. The Labute approximate surface area is 195 Å². The van der Waals surface area contributed by atoms with E-state index in [1.165, 1.54) is 34.6 Å². The minimum atomic E-state index is -4.07. The lowest BCUT2D eigenvalue weighted by atomic mass is 10.1. The topological polar surface area (TPSA) is 130 Å². The number of aryl methyl sites for hydroxylation is 1. The Kier molecular flexibility index (Phi) is 8.87. The van der Waals surface area contributed by atoms with Gasteiger partial charge in [-0.2, -0.15) is 4.31 Å². The van der Waals surface area contributed by atoms with Gasteiger partial charge in [0.05, 0.1) is 21.6 Å². The smallest absolute Gasteiger partial charge is 0.303 e. The first kappa shape index (κ1) is 26.6. The van der Waals surface area contributed by atoms with E-state index in [0.717, 1.165) is 0 Å². The van der Waals surface area contributed by atoms with Gasteiger partial charge in [-0.05, 0) is 56.2 Å². The van der Waals surface area contributed by atoms with Gasteiger partial charge in [-0.1, -0.05) is 26.0 Å². The summed E-state index contributed by atoms with van der Waals surface area (Å²) < 4.78 is 61.3. The zero-order valence-corrected chi connectivity index (χ0v) is 20.7. The standard InChI is InChI=1S/C22H30N2O7S2/c1-5-24(6-2)33(29,30)19-12-13-21(31-16(3)4)20(15-19)23-32(27,28)18-10-7-17(8-11-18)9-14-22(25)26/h7-8,10-13,15-16,23H,5-6,9,14H2,1-4H3,(H,25,26). The van der Waals surface area contributed by atoms with Crippen LogP contribution in [0.25, 0.3) is 0 Å². The molecule has 0 spiro atoms. The number of carboxylic acid groups (broad SMARTS) is 1. The number of sulfonamides is 2. The number of carboxylic acids is 1. The van der Waals surface area contributed by atoms with Crippen LogP contribution in [0.1, 0.15) is 39.7 Å². The monoisotopic (exact) mass is 498 g/mol. The number of carbonyl (C=O) groups is 1. The lowest BCUT2D eigenvalue weighted by molar-refractivity contribution is -0.136. The summed E-state index contributed by atoms with van der Waals surface area (Å²) in [5, 5.41) is 8.79. The Balaban J connectivity index is 2.43. The maximum Gasteiger partial charge on any atom is 0.303 e. The third-order valence-corrected chi connectivity index (χ3v) is 8.19. The normalized spacial score (nSPS) is 12.2. The Morgan fingerprint density at radius 1 is 1.00 bits per heavy atom. The molecule has 182 valence electrons. The van der Waals surface area contributed by atoms with E-state index in [9.17, 15) is 21.6 Å². The molecule has 2 aromatic rings. The van der Waals surface area contributed by atoms with Crippen LogP contribution < -0.4 is 9.46 Å². The molecule has 0 fully saturated rings. The van der Waals surface area contributed by atoms with Gasteiger partial charge in [0.2, 0.25) is 10.0 Å². The van der Waals surface area contributed by atoms with E-state index in [4.69, 9.17) is 9.84 Å². The number of anilines is 1. The van der Waals surface area contributed by atoms with Crippen LogP contribution in [0.2, 0.25) is 0 Å². The van der Waals surface area contributed by atoms with Crippen LogP contribution in [-0.2, 0) is 31.3 Å². The molecule has 0 atom stereocenters. The summed E-state index contributed by atoms with van der Waals surface area (Å²) in [5.74, 6) is -0.740. The average molecular weight is 499 g/mol. The second kappa shape index (κ2) is 11.0. The van der Waals surface area contributed by atoms with Gasteiger partial charge in [-0.3, -0.25) is 9.52 Å². The highest BCUT2D eigenvalue weighted by Crippen LogP contribution is 2.32. The van der Waals surface area contributed by atoms with Crippen LogP contribution in [0.15, 0.2) is 52.3 Å². The molecule has 2 rings (SSSR count). The second-order valence-corrected chi connectivity index (χ2v) is 11.2. The number of hydrogen-bond acceptors (Lipinski definition) is 6. The van der Waals surface area contributed by atoms with Crippen molar-refractivity contribution < 1.29 is 31.5 Å². The minimum Gasteiger partial charge on any atom is -0.489 e. The SMILES string of the molecule is CCN(CC)S(=O)(=O)c1ccc(OC(C)C)c(NS(=O)(=O)c2ccc(CCC(=O)O)cc2)c1. The van der Waals surface area contributed by atoms with Crippen molar-refractivity contribution in [1.29, 1.82) is 0 Å². The fourth-order valence-electron chi connectivity index (χ4n) is 3.11. The Morgan fingerprint density at radius 2 is 1.58 bits per heavy atom. The molecule has 9 nitrogen and oxygen atoms in total. The molecular formula is C22H30N2O7S2. The predicted molar refractivity (Wildman–Crippen MR) is 126 cm³/mol. The van der Waals surface area contributed by atoms with Crippen LogP contribution in [0.5, 0.6) is 5.75 Å². The zero-order valence-electron chi connectivity index (χ0n) is 19.1. The van der Waals surface area contributed by atoms with Crippen molar-refractivity contribution in [2.24, 2.45) is 0 Å². The van der Waals surface area contributed by atoms with Gasteiger partial charge in [0.1, 0.15) is 5.75 Å². The van der Waals surface area contributed by atoms with E-state index in [1.807, 2.05) is 0 Å². The quantitative estimate of drug-likeness (QED) is 0.459. The summed E-state index contributed by atoms with van der Waals surface area (Å²) in [6, 6.07) is 9.92. The molecule has 0 saturated heterocycles. The highest BCUT2D eigenvalue weighted by molar-refractivity contribution is 7.92. The molecule has 11 heteroatoms. The molecule has 0 bridgehead atoms. The lowest BCUT2D eigenvalue weighted by Gasteiger charge is -2.21. The van der Waals surface area contributed by atoms with Gasteiger partial charge in [-0.25, -0.2) is 16.8 Å². The number of rotatable bonds is 12. The minimum absolute atomic E-state index is 0.00637. The predicted octanol–water partition coefficient (Wildman–Crippen LogP) is 3.32. The highest BCUT2D eigenvalue weighted by Gasteiger charge is 2.25. The van der Waals surface area contributed by atoms with E-state index in [1.54, 1.807) is 39.8 Å². The lowest BCUT2D eigenvalue weighted by Crippen LogP contribution is -2.30. The first-order valence-corrected chi connectivity index (χ1v) is 13.5. The van der Waals surface area contributed by atoms with Crippen molar-refractivity contribution in [2.45, 2.75) is 56.4 Å². The van der Waals surface area contributed by atoms with Crippen molar-refractivity contribution in [2.75, 3.05) is 17.8 Å². The second-order valence-electron chi connectivity index (χ2n) is 7.56. The average Bonchev–Trinajstić information content (AvgIpc) is 2.74. The highest BCUT2D eigenvalue weighted by atomic mass is 32.2. The van der Waals surface area contributed by atoms with Gasteiger partial charge >= 0.3 is 5.97 Å². The van der Waals surface area contributed by atoms with Crippen molar-refractivity contribution in [3.05, 3.63) is 48.0 Å². The summed E-state index contributed by atoms with van der Waals surface area (Å²) in [4.78, 5) is 10.6. The van der Waals surface area contributed by atoms with Crippen LogP contribution in [0.4, 0.5) is 5.69 Å². The largest absolute Gasteiger partial charge is 0.489 e. The number of hydrogen-bond donors (Lipinski definition) is 2. The van der Waals surface area contributed by atoms with Crippen molar-refractivity contribution in [3.63, 3.8) is 0 Å². The van der Waals surface area contributed by atoms with Crippen molar-refractivity contribution in [3.8, 4) is 5.75 Å². The molecule has 0 amide bonds. The third kappa shape index (κ3) is 6.92. The fourth-order valence-corrected chi connectivity index (χ4v) is 5.65. The summed E-state index contributed by atoms with van der Waals surface area (Å²) in [5.41, 5.74) is 0.694. The molecule has 0 saturated carbocycles. The first-order chi connectivity index (χ1) is 15.4. The fraction of sp³-hybridized carbons (Fsp3) is 0.409. The summed E-state index contributed by atoms with van der Waals surface area (Å²) in [6.07, 6.45) is -0.0542. The van der Waals surface area contributed by atoms with E-state index >= 15 is 0 Å². The molecule has 2 N–H and O–H groups in total. The van der Waals surface area contributed by atoms with Gasteiger partial charge in [0.15, 0.2) is 0 Å². The van der Waals surface area contributed by atoms with Crippen LogP contribution in [0.3, 0.4) is 0 Å². The number of nitrogens with one attached hydrogen (secondary N) is 1. The zero-order chi connectivity index (χ0) is 24.8. The van der Waals surface area contributed by atoms with Crippen molar-refractivity contribution in [1.82, 2.24) is 4.31 Å². The maximum absolute atomic E-state index is 13.0. The van der Waals surface area contributed by atoms with Crippen LogP contribution in [-0.4, -0.2) is 51.4 Å². The molecule has 0 unspecified atom stereocenters. The number of nitrogens with zero attached hydrogens (tertiary/aromatic N) is 1. The van der Waals surface area contributed by atoms with E-state index in [0.29, 0.717) is 5.56 Å². The third-order valence-electron chi connectivity index (χ3n) is 4.76. The summed E-state index contributed by atoms with van der Waals surface area (Å²) in [7, 11) is -7.88. The van der Waals surface area contributed by atoms with Crippen LogP contribution >= 0.6 is 0 Å². The molecule has 0 aliphatic rings. The Bertz CT molecular complexity index is 1170. The summed E-state index contributed by atoms with van der Waals surface area (Å²) in [6.45, 7) is 7.54. The molecule has 0 aliphatic carbocycles. The Hall–Kier alpha value is -2.63. The van der Waals surface area contributed by atoms with Gasteiger partial charge in [0.25, 0.3) is 10.0 Å². The van der Waals surface area contributed by atoms with Crippen molar-refractivity contribution >= 4 is 31.7 Å². The van der Waals surface area contributed by atoms with Crippen LogP contribution in [0, 0.1) is 0 Å². The molecular weight excluding hydrogens is 468 g/mol. The van der Waals surface area contributed by atoms with E-state index < -0.39 is 26.0 Å². The number of benzene rings is 2. The number of aliphatic carboxylic acids is 1. The van der Waals surface area contributed by atoms with E-state index in [2.05, 4.69) is 4.72 Å². The molecule has 0 aromatic heterocycles. The summed E-state index contributed by atoms with van der Waals surface area (Å²) >= 11 is 0.